The summed E-state index contributed by atoms with van der Waals surface area (Å²) in [6.07, 6.45) is 7.20. The Balaban J connectivity index is 1.47. The van der Waals surface area contributed by atoms with Crippen LogP contribution in [0.1, 0.15) is 44.1 Å². The number of benzene rings is 1. The Morgan fingerprint density at radius 1 is 1.10 bits per heavy atom. The number of hydrogen-bond donors (Lipinski definition) is 2. The third-order valence-electron chi connectivity index (χ3n) is 4.08. The number of fused-ring (bicyclic) bond motifs is 1. The zero-order chi connectivity index (χ0) is 14.5. The van der Waals surface area contributed by atoms with E-state index in [-0.39, 0.29) is 12.8 Å². The molecule has 0 radical (unpaired) electrons. The molecule has 0 bridgehead atoms. The zero-order valence-electron chi connectivity index (χ0n) is 12.2. The van der Waals surface area contributed by atoms with Gasteiger partial charge in [0.05, 0.1) is 0 Å². The number of amides is 2. The van der Waals surface area contributed by atoms with Gasteiger partial charge >= 0.3 is 6.03 Å². The molecule has 2 N–H and O–H groups in total. The second-order valence-corrected chi connectivity index (χ2v) is 5.70. The van der Waals surface area contributed by atoms with Gasteiger partial charge in [-0.1, -0.05) is 31.7 Å². The van der Waals surface area contributed by atoms with Gasteiger partial charge in [0.25, 0.3) is 0 Å². The fourth-order valence-corrected chi connectivity index (χ4v) is 2.89. The minimum Gasteiger partial charge on any atom is -0.454 e. The fourth-order valence-electron chi connectivity index (χ4n) is 2.89. The van der Waals surface area contributed by atoms with Crippen molar-refractivity contribution in [3.63, 3.8) is 0 Å². The molecule has 2 aliphatic rings. The topological polar surface area (TPSA) is 59.6 Å². The summed E-state index contributed by atoms with van der Waals surface area (Å²) >= 11 is 0. The zero-order valence-corrected chi connectivity index (χ0v) is 12.2. The van der Waals surface area contributed by atoms with Gasteiger partial charge in [-0.15, -0.1) is 0 Å². The van der Waals surface area contributed by atoms with Crippen LogP contribution >= 0.6 is 0 Å². The van der Waals surface area contributed by atoms with Crippen LogP contribution < -0.4 is 20.1 Å². The van der Waals surface area contributed by atoms with E-state index in [1.807, 2.05) is 18.2 Å². The molecular formula is C16H22N2O3. The first-order valence-corrected chi connectivity index (χ1v) is 7.74. The lowest BCUT2D eigenvalue weighted by Gasteiger charge is -2.16. The van der Waals surface area contributed by atoms with Crippen molar-refractivity contribution in [2.75, 3.05) is 6.79 Å². The maximum Gasteiger partial charge on any atom is 0.315 e. The summed E-state index contributed by atoms with van der Waals surface area (Å²) in [6.45, 7) is 0.767. The van der Waals surface area contributed by atoms with E-state index in [9.17, 15) is 4.79 Å². The SMILES string of the molecule is O=C(NCc1ccc2c(c1)OCO2)NC1CCCCCC1. The Hall–Kier alpha value is -1.91. The summed E-state index contributed by atoms with van der Waals surface area (Å²) in [5.74, 6) is 1.51. The molecule has 5 heteroatoms. The lowest BCUT2D eigenvalue weighted by molar-refractivity contribution is 0.174. The first-order valence-electron chi connectivity index (χ1n) is 7.74. The molecule has 1 fully saturated rings. The third-order valence-corrected chi connectivity index (χ3v) is 4.08. The standard InChI is InChI=1S/C16H22N2O3/c19-16(18-13-5-3-1-2-4-6-13)17-10-12-7-8-14-15(9-12)21-11-20-14/h7-9,13H,1-6,10-11H2,(H2,17,18,19). The highest BCUT2D eigenvalue weighted by molar-refractivity contribution is 5.74. The maximum atomic E-state index is 12.0. The Morgan fingerprint density at radius 3 is 2.67 bits per heavy atom. The molecule has 1 heterocycles. The van der Waals surface area contributed by atoms with Crippen LogP contribution in [-0.2, 0) is 6.54 Å². The lowest BCUT2D eigenvalue weighted by Crippen LogP contribution is -2.41. The number of rotatable bonds is 3. The molecule has 0 atom stereocenters. The number of urea groups is 1. The van der Waals surface area contributed by atoms with Crippen LogP contribution in [-0.4, -0.2) is 18.9 Å². The minimum atomic E-state index is -0.0837. The van der Waals surface area contributed by atoms with Crippen LogP contribution in [0, 0.1) is 0 Å². The van der Waals surface area contributed by atoms with Crippen molar-refractivity contribution < 1.29 is 14.3 Å². The summed E-state index contributed by atoms with van der Waals surface area (Å²) in [7, 11) is 0. The van der Waals surface area contributed by atoms with Gasteiger partial charge in [0.15, 0.2) is 11.5 Å². The summed E-state index contributed by atoms with van der Waals surface area (Å²) in [6, 6.07) is 5.97. The molecule has 1 aliphatic heterocycles. The smallest absolute Gasteiger partial charge is 0.315 e. The molecule has 21 heavy (non-hydrogen) atoms. The molecule has 3 rings (SSSR count). The van der Waals surface area contributed by atoms with Crippen molar-refractivity contribution >= 4 is 6.03 Å². The first kappa shape index (κ1) is 14.0. The number of nitrogens with one attached hydrogen (secondary N) is 2. The van der Waals surface area contributed by atoms with E-state index < -0.39 is 0 Å². The molecule has 1 saturated carbocycles. The highest BCUT2D eigenvalue weighted by Gasteiger charge is 2.15. The normalized spacial score (nSPS) is 18.1. The van der Waals surface area contributed by atoms with Crippen LogP contribution in [0.15, 0.2) is 18.2 Å². The highest BCUT2D eigenvalue weighted by atomic mass is 16.7. The summed E-state index contributed by atoms with van der Waals surface area (Å²) in [4.78, 5) is 12.0. The van der Waals surface area contributed by atoms with E-state index in [1.165, 1.54) is 25.7 Å². The van der Waals surface area contributed by atoms with Crippen molar-refractivity contribution in [3.8, 4) is 11.5 Å². The van der Waals surface area contributed by atoms with Crippen molar-refractivity contribution in [2.45, 2.75) is 51.1 Å². The predicted molar refractivity (Wildman–Crippen MR) is 79.4 cm³/mol. The van der Waals surface area contributed by atoms with E-state index >= 15 is 0 Å². The minimum absolute atomic E-state index is 0.0837. The number of ether oxygens (including phenoxy) is 2. The van der Waals surface area contributed by atoms with E-state index in [0.29, 0.717) is 12.6 Å². The average Bonchev–Trinajstić information content (AvgIpc) is 2.81. The molecule has 0 spiro atoms. The quantitative estimate of drug-likeness (QED) is 0.841. The summed E-state index contributed by atoms with van der Waals surface area (Å²) < 4.78 is 10.6. The van der Waals surface area contributed by atoms with Gasteiger partial charge in [-0.3, -0.25) is 0 Å². The van der Waals surface area contributed by atoms with E-state index in [1.54, 1.807) is 0 Å². The maximum absolute atomic E-state index is 12.0. The van der Waals surface area contributed by atoms with E-state index in [0.717, 1.165) is 29.9 Å². The second kappa shape index (κ2) is 6.70. The fraction of sp³-hybridized carbons (Fsp3) is 0.562. The van der Waals surface area contributed by atoms with Crippen LogP contribution in [0.4, 0.5) is 4.79 Å². The van der Waals surface area contributed by atoms with Crippen molar-refractivity contribution in [3.05, 3.63) is 23.8 Å². The van der Waals surface area contributed by atoms with Gasteiger partial charge in [-0.2, -0.15) is 0 Å². The Morgan fingerprint density at radius 2 is 1.86 bits per heavy atom. The molecule has 2 amide bonds. The predicted octanol–water partition coefficient (Wildman–Crippen LogP) is 2.94. The van der Waals surface area contributed by atoms with Gasteiger partial charge in [-0.25, -0.2) is 4.79 Å². The van der Waals surface area contributed by atoms with Gasteiger partial charge < -0.3 is 20.1 Å². The molecule has 114 valence electrons. The lowest BCUT2D eigenvalue weighted by atomic mass is 10.1. The molecular weight excluding hydrogens is 268 g/mol. The molecule has 5 nitrogen and oxygen atoms in total. The van der Waals surface area contributed by atoms with Crippen molar-refractivity contribution in [2.24, 2.45) is 0 Å². The Labute approximate surface area is 125 Å². The van der Waals surface area contributed by atoms with E-state index in [4.69, 9.17) is 9.47 Å². The van der Waals surface area contributed by atoms with E-state index in [2.05, 4.69) is 10.6 Å². The third kappa shape index (κ3) is 3.80. The van der Waals surface area contributed by atoms with Crippen LogP contribution in [0.2, 0.25) is 0 Å². The van der Waals surface area contributed by atoms with Crippen LogP contribution in [0.3, 0.4) is 0 Å². The largest absolute Gasteiger partial charge is 0.454 e. The molecule has 1 aliphatic carbocycles. The Kier molecular flexibility index (Phi) is 4.48. The van der Waals surface area contributed by atoms with Crippen molar-refractivity contribution in [1.82, 2.24) is 10.6 Å². The van der Waals surface area contributed by atoms with Gasteiger partial charge in [0, 0.05) is 12.6 Å². The van der Waals surface area contributed by atoms with Gasteiger partial charge in [0.2, 0.25) is 6.79 Å². The number of carbonyl (C=O) groups excluding carboxylic acids is 1. The monoisotopic (exact) mass is 290 g/mol. The molecule has 0 saturated heterocycles. The number of carbonyl (C=O) groups is 1. The molecule has 1 aromatic carbocycles. The molecule has 0 unspecified atom stereocenters. The first-order chi connectivity index (χ1) is 10.3. The van der Waals surface area contributed by atoms with Gasteiger partial charge in [-0.05, 0) is 30.5 Å². The second-order valence-electron chi connectivity index (χ2n) is 5.70. The summed E-state index contributed by atoms with van der Waals surface area (Å²) in [5.41, 5.74) is 1.01. The van der Waals surface area contributed by atoms with Crippen LogP contribution in [0.25, 0.3) is 0 Å². The average molecular weight is 290 g/mol. The van der Waals surface area contributed by atoms with Crippen LogP contribution in [0.5, 0.6) is 11.5 Å². The van der Waals surface area contributed by atoms with Gasteiger partial charge in [0.1, 0.15) is 0 Å². The highest BCUT2D eigenvalue weighted by Crippen LogP contribution is 2.32. The Bertz CT molecular complexity index is 496. The molecule has 0 aromatic heterocycles. The van der Waals surface area contributed by atoms with Crippen molar-refractivity contribution in [1.29, 1.82) is 0 Å². The number of hydrogen-bond acceptors (Lipinski definition) is 3. The summed E-state index contributed by atoms with van der Waals surface area (Å²) in [5, 5.41) is 5.99. The molecule has 1 aromatic rings.